The second kappa shape index (κ2) is 5.37. The number of hydrogen-bond donors (Lipinski definition) is 3. The molecule has 3 N–H and O–H groups in total. The number of nitrogens with one attached hydrogen (secondary N) is 3. The van der Waals surface area contributed by atoms with Crippen LogP contribution in [0.4, 0.5) is 0 Å². The van der Waals surface area contributed by atoms with E-state index in [1.54, 1.807) is 11.8 Å². The van der Waals surface area contributed by atoms with E-state index in [1.165, 1.54) is 6.42 Å². The van der Waals surface area contributed by atoms with Gasteiger partial charge in [0, 0.05) is 0 Å². The van der Waals surface area contributed by atoms with Crippen molar-refractivity contribution < 1.29 is 4.79 Å². The Labute approximate surface area is 92.3 Å². The van der Waals surface area contributed by atoms with Crippen LogP contribution in [0.25, 0.3) is 0 Å². The van der Waals surface area contributed by atoms with Gasteiger partial charge in [-0.05, 0) is 18.6 Å². The molecule has 0 saturated carbocycles. The summed E-state index contributed by atoms with van der Waals surface area (Å²) in [7, 11) is 0. The molecule has 2 rings (SSSR count). The zero-order valence-corrected chi connectivity index (χ0v) is 9.55. The van der Waals surface area contributed by atoms with Crippen LogP contribution in [0.15, 0.2) is 0 Å². The SMILES string of the molecule is O=C(CSC1NCNN1)C1CCCS1. The van der Waals surface area contributed by atoms with E-state index >= 15 is 0 Å². The first kappa shape index (κ1) is 10.8. The minimum Gasteiger partial charge on any atom is -0.298 e. The lowest BCUT2D eigenvalue weighted by Crippen LogP contribution is -2.32. The zero-order chi connectivity index (χ0) is 9.80. The molecule has 0 aliphatic carbocycles. The van der Waals surface area contributed by atoms with Gasteiger partial charge in [-0.25, -0.2) is 10.9 Å². The summed E-state index contributed by atoms with van der Waals surface area (Å²) in [6.07, 6.45) is 2.28. The van der Waals surface area contributed by atoms with Crippen LogP contribution in [0.5, 0.6) is 0 Å². The fourth-order valence-corrected chi connectivity index (χ4v) is 3.75. The van der Waals surface area contributed by atoms with E-state index < -0.39 is 0 Å². The largest absolute Gasteiger partial charge is 0.298 e. The Morgan fingerprint density at radius 1 is 1.57 bits per heavy atom. The van der Waals surface area contributed by atoms with E-state index in [9.17, 15) is 4.79 Å². The number of hydrazine groups is 1. The molecule has 0 bridgehead atoms. The molecule has 14 heavy (non-hydrogen) atoms. The molecule has 0 aromatic heterocycles. The van der Waals surface area contributed by atoms with Crippen LogP contribution in [0.1, 0.15) is 12.8 Å². The van der Waals surface area contributed by atoms with Crippen LogP contribution in [0.2, 0.25) is 0 Å². The van der Waals surface area contributed by atoms with E-state index in [-0.39, 0.29) is 10.7 Å². The van der Waals surface area contributed by atoms with Gasteiger partial charge in [-0.3, -0.25) is 10.1 Å². The van der Waals surface area contributed by atoms with Crippen molar-refractivity contribution in [3.05, 3.63) is 0 Å². The summed E-state index contributed by atoms with van der Waals surface area (Å²) in [4.78, 5) is 11.7. The van der Waals surface area contributed by atoms with Gasteiger partial charge in [0.2, 0.25) is 0 Å². The van der Waals surface area contributed by atoms with Crippen molar-refractivity contribution in [3.63, 3.8) is 0 Å². The summed E-state index contributed by atoms with van der Waals surface area (Å²) in [5.41, 5.74) is 6.20. The molecule has 2 fully saturated rings. The van der Waals surface area contributed by atoms with Gasteiger partial charge in [-0.1, -0.05) is 0 Å². The molecule has 0 aromatic carbocycles. The second-order valence-electron chi connectivity index (χ2n) is 3.36. The highest BCUT2D eigenvalue weighted by atomic mass is 32.2. The average molecular weight is 233 g/mol. The van der Waals surface area contributed by atoms with Gasteiger partial charge in [0.15, 0.2) is 5.78 Å². The van der Waals surface area contributed by atoms with Crippen LogP contribution in [-0.2, 0) is 4.79 Å². The van der Waals surface area contributed by atoms with E-state index in [0.717, 1.165) is 18.8 Å². The predicted octanol–water partition coefficient (Wildman–Crippen LogP) is 0.123. The lowest BCUT2D eigenvalue weighted by Gasteiger charge is -2.10. The Kier molecular flexibility index (Phi) is 4.12. The Bertz CT molecular complexity index is 203. The number of carbonyl (C=O) groups is 1. The molecule has 2 unspecified atom stereocenters. The Morgan fingerprint density at radius 2 is 2.50 bits per heavy atom. The number of carbonyl (C=O) groups excluding carboxylic acids is 1. The van der Waals surface area contributed by atoms with Gasteiger partial charge in [0.05, 0.1) is 17.7 Å². The normalized spacial score (nSPS) is 32.3. The van der Waals surface area contributed by atoms with Crippen molar-refractivity contribution >= 4 is 29.3 Å². The summed E-state index contributed by atoms with van der Waals surface area (Å²) in [5, 5.41) is 3.46. The lowest BCUT2D eigenvalue weighted by atomic mass is 10.2. The fourth-order valence-electron chi connectivity index (χ4n) is 1.53. The van der Waals surface area contributed by atoms with Gasteiger partial charge >= 0.3 is 0 Å². The molecule has 2 heterocycles. The molecule has 6 heteroatoms. The number of hydrogen-bond acceptors (Lipinski definition) is 6. The summed E-state index contributed by atoms with van der Waals surface area (Å²) < 4.78 is 0. The van der Waals surface area contributed by atoms with Crippen molar-refractivity contribution in [3.8, 4) is 0 Å². The van der Waals surface area contributed by atoms with Gasteiger partial charge in [0.25, 0.3) is 0 Å². The minimum atomic E-state index is 0.186. The molecule has 0 spiro atoms. The van der Waals surface area contributed by atoms with Gasteiger partial charge in [-0.2, -0.15) is 11.8 Å². The van der Waals surface area contributed by atoms with Gasteiger partial charge in [0.1, 0.15) is 5.50 Å². The van der Waals surface area contributed by atoms with Crippen LogP contribution in [0.3, 0.4) is 0 Å². The van der Waals surface area contributed by atoms with Crippen LogP contribution in [-0.4, -0.2) is 34.7 Å². The molecule has 2 saturated heterocycles. The van der Waals surface area contributed by atoms with Gasteiger partial charge < -0.3 is 0 Å². The third-order valence-electron chi connectivity index (χ3n) is 2.29. The highest BCUT2D eigenvalue weighted by Gasteiger charge is 2.24. The van der Waals surface area contributed by atoms with Crippen molar-refractivity contribution in [2.45, 2.75) is 23.6 Å². The number of rotatable bonds is 4. The molecule has 0 aromatic rings. The van der Waals surface area contributed by atoms with E-state index in [1.807, 2.05) is 11.8 Å². The van der Waals surface area contributed by atoms with Crippen molar-refractivity contribution in [1.82, 2.24) is 16.2 Å². The van der Waals surface area contributed by atoms with E-state index in [2.05, 4.69) is 16.2 Å². The summed E-state index contributed by atoms with van der Waals surface area (Å²) >= 11 is 3.45. The third kappa shape index (κ3) is 2.87. The topological polar surface area (TPSA) is 53.2 Å². The van der Waals surface area contributed by atoms with E-state index in [0.29, 0.717) is 11.5 Å². The van der Waals surface area contributed by atoms with Crippen LogP contribution < -0.4 is 16.2 Å². The summed E-state index contributed by atoms with van der Waals surface area (Å²) in [6.45, 7) is 0.768. The predicted molar refractivity (Wildman–Crippen MR) is 61.0 cm³/mol. The highest BCUT2D eigenvalue weighted by Crippen LogP contribution is 2.27. The third-order valence-corrected chi connectivity index (χ3v) is 4.78. The number of ketones is 1. The first-order valence-corrected chi connectivity index (χ1v) is 6.94. The standard InChI is InChI=1S/C8H15N3OS2/c12-6(7-2-1-3-13-7)4-14-8-9-5-10-11-8/h7-11H,1-5H2. The van der Waals surface area contributed by atoms with Crippen molar-refractivity contribution in [2.24, 2.45) is 0 Å². The highest BCUT2D eigenvalue weighted by molar-refractivity contribution is 8.02. The Balaban J connectivity index is 1.66. The smallest absolute Gasteiger partial charge is 0.155 e. The monoisotopic (exact) mass is 233 g/mol. The first-order chi connectivity index (χ1) is 6.86. The number of thioether (sulfide) groups is 2. The molecule has 80 valence electrons. The Hall–Kier alpha value is 0.250. The fraction of sp³-hybridized carbons (Fsp3) is 0.875. The summed E-state index contributed by atoms with van der Waals surface area (Å²) in [6, 6.07) is 0. The lowest BCUT2D eigenvalue weighted by molar-refractivity contribution is -0.116. The molecule has 0 amide bonds. The molecule has 2 aliphatic rings. The van der Waals surface area contributed by atoms with Crippen LogP contribution in [0, 0.1) is 0 Å². The molecular formula is C8H15N3OS2. The van der Waals surface area contributed by atoms with Crippen molar-refractivity contribution in [2.75, 3.05) is 18.2 Å². The minimum absolute atomic E-state index is 0.186. The molecule has 2 aliphatic heterocycles. The maximum atomic E-state index is 11.7. The van der Waals surface area contributed by atoms with Crippen LogP contribution >= 0.6 is 23.5 Å². The number of Topliss-reactive ketones (excluding diaryl/α,β-unsaturated/α-hetero) is 1. The molecular weight excluding hydrogens is 218 g/mol. The molecule has 2 atom stereocenters. The zero-order valence-electron chi connectivity index (χ0n) is 7.91. The maximum Gasteiger partial charge on any atom is 0.155 e. The van der Waals surface area contributed by atoms with E-state index in [4.69, 9.17) is 0 Å². The molecule has 4 nitrogen and oxygen atoms in total. The quantitative estimate of drug-likeness (QED) is 0.641. The van der Waals surface area contributed by atoms with Crippen molar-refractivity contribution in [1.29, 1.82) is 0 Å². The molecule has 0 radical (unpaired) electrons. The first-order valence-electron chi connectivity index (χ1n) is 4.84. The Morgan fingerprint density at radius 3 is 3.14 bits per heavy atom. The summed E-state index contributed by atoms with van der Waals surface area (Å²) in [5.74, 6) is 2.17. The second-order valence-corrected chi connectivity index (χ2v) is 5.77. The van der Waals surface area contributed by atoms with Gasteiger partial charge in [-0.15, -0.1) is 11.8 Å². The average Bonchev–Trinajstić information content (AvgIpc) is 2.87. The maximum absolute atomic E-state index is 11.7.